The molecular formula is C50H31N. The molecule has 1 aliphatic carbocycles. The van der Waals surface area contributed by atoms with Gasteiger partial charge in [-0.3, -0.25) is 0 Å². The molecule has 0 amide bonds. The molecule has 1 nitrogen and oxygen atoms in total. The number of hydrogen-bond donors (Lipinski definition) is 0. The smallest absolute Gasteiger partial charge is 0.0541 e. The molecule has 0 saturated carbocycles. The molecule has 12 rings (SSSR count). The fourth-order valence-corrected chi connectivity index (χ4v) is 9.46. The van der Waals surface area contributed by atoms with Crippen LogP contribution in [0.4, 0.5) is 0 Å². The second kappa shape index (κ2) is 10.1. The molecule has 1 aromatic heterocycles. The highest BCUT2D eigenvalue weighted by Crippen LogP contribution is 2.43. The van der Waals surface area contributed by atoms with Crippen molar-refractivity contribution in [1.82, 2.24) is 4.57 Å². The van der Waals surface area contributed by atoms with E-state index >= 15 is 0 Å². The zero-order chi connectivity index (χ0) is 33.2. The van der Waals surface area contributed by atoms with E-state index in [-0.39, 0.29) is 0 Å². The second-order valence-electron chi connectivity index (χ2n) is 14.4. The highest BCUT2D eigenvalue weighted by Gasteiger charge is 2.19. The van der Waals surface area contributed by atoms with Crippen LogP contribution in [0.25, 0.3) is 110 Å². The van der Waals surface area contributed by atoms with E-state index < -0.39 is 0 Å². The minimum atomic E-state index is 1.12. The summed E-state index contributed by atoms with van der Waals surface area (Å²) in [5, 5.41) is 17.3. The van der Waals surface area contributed by atoms with Gasteiger partial charge in [-0.25, -0.2) is 0 Å². The normalized spacial score (nSPS) is 13.1. The van der Waals surface area contributed by atoms with Crippen LogP contribution in [0.2, 0.25) is 0 Å². The maximum absolute atomic E-state index is 2.44. The summed E-state index contributed by atoms with van der Waals surface area (Å²) >= 11 is 0. The van der Waals surface area contributed by atoms with Crippen molar-refractivity contribution in [2.45, 2.75) is 12.8 Å². The van der Waals surface area contributed by atoms with Gasteiger partial charge in [0, 0.05) is 16.5 Å². The average molecular weight is 646 g/mol. The Morgan fingerprint density at radius 1 is 0.392 bits per heavy atom. The third kappa shape index (κ3) is 3.75. The molecule has 10 aromatic carbocycles. The maximum Gasteiger partial charge on any atom is 0.0541 e. The predicted octanol–water partition coefficient (Wildman–Crippen LogP) is 12.8. The predicted molar refractivity (Wildman–Crippen MR) is 218 cm³/mol. The lowest BCUT2D eigenvalue weighted by Crippen LogP contribution is -2.09. The number of para-hydroxylation sites is 1. The van der Waals surface area contributed by atoms with Crippen LogP contribution in [0.1, 0.15) is 12.0 Å². The number of fused-ring (bicyclic) bond motifs is 3. The van der Waals surface area contributed by atoms with E-state index in [1.54, 1.807) is 0 Å². The summed E-state index contributed by atoms with van der Waals surface area (Å²) in [6, 6.07) is 59.4. The van der Waals surface area contributed by atoms with Crippen LogP contribution in [0, 0.1) is 0 Å². The number of benzene rings is 10. The van der Waals surface area contributed by atoms with Crippen molar-refractivity contribution in [3.05, 3.63) is 169 Å². The summed E-state index contributed by atoms with van der Waals surface area (Å²) in [6.07, 6.45) is 4.65. The van der Waals surface area contributed by atoms with Crippen LogP contribution in [0.15, 0.2) is 158 Å². The molecule has 1 heteroatoms. The van der Waals surface area contributed by atoms with Crippen LogP contribution in [-0.4, -0.2) is 4.57 Å². The van der Waals surface area contributed by atoms with Gasteiger partial charge >= 0.3 is 0 Å². The molecule has 0 bridgehead atoms. The van der Waals surface area contributed by atoms with Gasteiger partial charge in [-0.2, -0.15) is 0 Å². The Kier molecular flexibility index (Phi) is 5.40. The van der Waals surface area contributed by atoms with Crippen LogP contribution >= 0.6 is 0 Å². The fraction of sp³-hybridized carbons (Fsp3) is 0.0400. The van der Waals surface area contributed by atoms with Crippen molar-refractivity contribution in [3.63, 3.8) is 0 Å². The Morgan fingerprint density at radius 2 is 0.961 bits per heavy atom. The molecule has 0 N–H and O–H groups in total. The summed E-state index contributed by atoms with van der Waals surface area (Å²) in [5.41, 5.74) is 10.2. The topological polar surface area (TPSA) is 4.93 Å². The van der Waals surface area contributed by atoms with Crippen molar-refractivity contribution in [3.8, 4) is 27.9 Å². The molecule has 0 unspecified atom stereocenters. The zero-order valence-electron chi connectivity index (χ0n) is 27.9. The molecule has 1 aliphatic rings. The van der Waals surface area contributed by atoms with Gasteiger partial charge in [0.1, 0.15) is 0 Å². The molecule has 0 spiro atoms. The molecule has 1 heterocycles. The number of rotatable bonds is 3. The van der Waals surface area contributed by atoms with Crippen LogP contribution < -0.4 is 5.22 Å². The van der Waals surface area contributed by atoms with Crippen molar-refractivity contribution >= 4 is 81.7 Å². The van der Waals surface area contributed by atoms with E-state index in [0.29, 0.717) is 0 Å². The van der Waals surface area contributed by atoms with Crippen molar-refractivity contribution in [1.29, 1.82) is 0 Å². The molecule has 11 aromatic rings. The summed E-state index contributed by atoms with van der Waals surface area (Å²) < 4.78 is 2.43. The largest absolute Gasteiger partial charge is 0.309 e. The van der Waals surface area contributed by atoms with Crippen LogP contribution in [0.5, 0.6) is 0 Å². The quantitative estimate of drug-likeness (QED) is 0.169. The lowest BCUT2D eigenvalue weighted by molar-refractivity contribution is 1.04. The third-order valence-corrected chi connectivity index (χ3v) is 11.7. The zero-order valence-corrected chi connectivity index (χ0v) is 27.9. The molecule has 0 fully saturated rings. The third-order valence-electron chi connectivity index (χ3n) is 11.7. The first-order valence-corrected chi connectivity index (χ1v) is 18.1. The van der Waals surface area contributed by atoms with Crippen molar-refractivity contribution in [2.24, 2.45) is 0 Å². The van der Waals surface area contributed by atoms with E-state index in [1.807, 2.05) is 0 Å². The molecule has 51 heavy (non-hydrogen) atoms. The number of hydrogen-bond acceptors (Lipinski definition) is 0. The van der Waals surface area contributed by atoms with Gasteiger partial charge in [-0.05, 0) is 136 Å². The van der Waals surface area contributed by atoms with Crippen LogP contribution in [-0.2, 0) is 6.42 Å². The van der Waals surface area contributed by atoms with Crippen molar-refractivity contribution in [2.75, 3.05) is 0 Å². The van der Waals surface area contributed by atoms with E-state index in [4.69, 9.17) is 0 Å². The van der Waals surface area contributed by atoms with E-state index in [2.05, 4.69) is 168 Å². The lowest BCUT2D eigenvalue weighted by atomic mass is 9.87. The summed E-state index contributed by atoms with van der Waals surface area (Å²) in [5.74, 6) is 0. The van der Waals surface area contributed by atoms with Gasteiger partial charge in [0.15, 0.2) is 0 Å². The molecule has 0 saturated heterocycles. The minimum Gasteiger partial charge on any atom is -0.309 e. The fourth-order valence-electron chi connectivity index (χ4n) is 9.46. The Hall–Kier alpha value is -6.44. The second-order valence-corrected chi connectivity index (χ2v) is 14.4. The van der Waals surface area contributed by atoms with Crippen molar-refractivity contribution < 1.29 is 0 Å². The molecule has 236 valence electrons. The van der Waals surface area contributed by atoms with E-state index in [1.165, 1.54) is 114 Å². The Balaban J connectivity index is 1.13. The summed E-state index contributed by atoms with van der Waals surface area (Å²) in [7, 11) is 0. The van der Waals surface area contributed by atoms with Crippen LogP contribution in [0.3, 0.4) is 0 Å². The first-order valence-electron chi connectivity index (χ1n) is 18.1. The number of nitrogens with zero attached hydrogens (tertiary/aromatic N) is 1. The molecule has 0 atom stereocenters. The summed E-state index contributed by atoms with van der Waals surface area (Å²) in [4.78, 5) is 0. The monoisotopic (exact) mass is 645 g/mol. The van der Waals surface area contributed by atoms with E-state index in [9.17, 15) is 0 Å². The highest BCUT2D eigenvalue weighted by molar-refractivity contribution is 6.26. The standard InChI is InChI=1S/C50H31N/c1-2-10-38(11-3-1)51-45-26-20-36(39-22-16-34-14-12-30-6-4-8-32-18-24-41(39)49(34)47(30)32)28-43(45)44-29-37(21-27-46(44)51)40-23-17-35-15-13-31-7-5-9-33-19-25-42(40)50(35)48(31)33/h1-4,6-8,10-29H,5,9H2. The van der Waals surface area contributed by atoms with Gasteiger partial charge in [0.25, 0.3) is 0 Å². The van der Waals surface area contributed by atoms with Gasteiger partial charge in [0.05, 0.1) is 11.0 Å². The Labute approximate surface area is 294 Å². The minimum absolute atomic E-state index is 1.12. The SMILES string of the molecule is C1=c2ccc3ccc(-c4ccc5c(c4)c4cc(-c6ccc7ccc8cccc9ccc6c7c89)ccc4n5-c4ccccc4)c4ccc(c2c34)CC1. The lowest BCUT2D eigenvalue weighted by Gasteiger charge is -2.17. The van der Waals surface area contributed by atoms with Gasteiger partial charge in [-0.15, -0.1) is 0 Å². The van der Waals surface area contributed by atoms with Gasteiger partial charge in [0.2, 0.25) is 0 Å². The maximum atomic E-state index is 2.44. The van der Waals surface area contributed by atoms with Gasteiger partial charge in [-0.1, -0.05) is 127 Å². The first-order chi connectivity index (χ1) is 25.3. The van der Waals surface area contributed by atoms with E-state index in [0.717, 1.165) is 12.8 Å². The number of aryl methyl sites for hydroxylation is 1. The molecule has 0 radical (unpaired) electrons. The molecule has 0 aliphatic heterocycles. The summed E-state index contributed by atoms with van der Waals surface area (Å²) in [6.45, 7) is 0. The average Bonchev–Trinajstić information content (AvgIpc) is 3.52. The highest BCUT2D eigenvalue weighted by atomic mass is 15.0. The van der Waals surface area contributed by atoms with Gasteiger partial charge < -0.3 is 4.57 Å². The Morgan fingerprint density at radius 3 is 1.65 bits per heavy atom. The Bertz CT molecular complexity index is 3270. The number of aromatic nitrogens is 1. The molecular weight excluding hydrogens is 615 g/mol. The first kappa shape index (κ1) is 27.4.